The highest BCUT2D eigenvalue weighted by Gasteiger charge is 2.12. The molecule has 0 aliphatic rings. The summed E-state index contributed by atoms with van der Waals surface area (Å²) in [7, 11) is 0. The molecular weight excluding hydrogens is 426 g/mol. The van der Waals surface area contributed by atoms with Gasteiger partial charge in [0.1, 0.15) is 5.82 Å². The maximum atomic E-state index is 12.8. The van der Waals surface area contributed by atoms with Crippen LogP contribution in [0, 0.1) is 0 Å². The molecule has 3 rings (SSSR count). The summed E-state index contributed by atoms with van der Waals surface area (Å²) in [4.78, 5) is 12.8. The molecule has 5 heteroatoms. The summed E-state index contributed by atoms with van der Waals surface area (Å²) < 4.78 is 4.51. The summed E-state index contributed by atoms with van der Waals surface area (Å²) in [6.07, 6.45) is 6.28. The van der Waals surface area contributed by atoms with Gasteiger partial charge < -0.3 is 0 Å². The first-order valence-electron chi connectivity index (χ1n) is 10.6. The Balaban J connectivity index is 1.66. The SMILES string of the molecule is CCCCc1ccc(Cn2nc(CCCc3cccc(Br)c3)n(CC)c2=O)cc1. The van der Waals surface area contributed by atoms with E-state index in [1.165, 1.54) is 24.0 Å². The molecule has 1 heterocycles. The summed E-state index contributed by atoms with van der Waals surface area (Å²) in [6, 6.07) is 17.0. The second kappa shape index (κ2) is 10.6. The lowest BCUT2D eigenvalue weighted by atomic mass is 10.1. The van der Waals surface area contributed by atoms with Gasteiger partial charge in [0.2, 0.25) is 0 Å². The van der Waals surface area contributed by atoms with E-state index >= 15 is 0 Å². The second-order valence-corrected chi connectivity index (χ2v) is 8.42. The van der Waals surface area contributed by atoms with Crippen LogP contribution in [0.4, 0.5) is 0 Å². The number of aryl methyl sites for hydroxylation is 3. The van der Waals surface area contributed by atoms with Gasteiger partial charge in [-0.2, -0.15) is 5.10 Å². The molecule has 1 aromatic heterocycles. The average molecular weight is 456 g/mol. The van der Waals surface area contributed by atoms with E-state index in [2.05, 4.69) is 70.4 Å². The van der Waals surface area contributed by atoms with Crippen LogP contribution in [0.2, 0.25) is 0 Å². The molecule has 0 N–H and O–H groups in total. The summed E-state index contributed by atoms with van der Waals surface area (Å²) in [5, 5.41) is 4.65. The minimum atomic E-state index is -0.0139. The van der Waals surface area contributed by atoms with Crippen LogP contribution in [0.5, 0.6) is 0 Å². The number of benzene rings is 2. The first-order valence-corrected chi connectivity index (χ1v) is 11.4. The zero-order valence-electron chi connectivity index (χ0n) is 17.4. The van der Waals surface area contributed by atoms with Crippen LogP contribution in [-0.4, -0.2) is 14.3 Å². The molecule has 0 unspecified atom stereocenters. The summed E-state index contributed by atoms with van der Waals surface area (Å²) in [5.41, 5.74) is 3.76. The summed E-state index contributed by atoms with van der Waals surface area (Å²) >= 11 is 3.52. The third-order valence-corrected chi connectivity index (χ3v) is 5.74. The Bertz CT molecular complexity index is 973. The maximum absolute atomic E-state index is 12.8. The quantitative estimate of drug-likeness (QED) is 0.410. The lowest BCUT2D eigenvalue weighted by molar-refractivity contribution is 0.630. The van der Waals surface area contributed by atoms with Gasteiger partial charge in [0.25, 0.3) is 0 Å². The Morgan fingerprint density at radius 1 is 0.897 bits per heavy atom. The largest absolute Gasteiger partial charge is 0.346 e. The molecule has 0 fully saturated rings. The smallest absolute Gasteiger partial charge is 0.279 e. The van der Waals surface area contributed by atoms with Crippen LogP contribution in [-0.2, 0) is 32.4 Å². The minimum Gasteiger partial charge on any atom is -0.279 e. The van der Waals surface area contributed by atoms with Crippen LogP contribution >= 0.6 is 15.9 Å². The molecule has 3 aromatic rings. The lowest BCUT2D eigenvalue weighted by Crippen LogP contribution is -2.25. The van der Waals surface area contributed by atoms with Crippen LogP contribution in [0.25, 0.3) is 0 Å². The Kier molecular flexibility index (Phi) is 7.87. The monoisotopic (exact) mass is 455 g/mol. The fourth-order valence-electron chi connectivity index (χ4n) is 3.60. The lowest BCUT2D eigenvalue weighted by Gasteiger charge is -2.04. The predicted octanol–water partition coefficient (Wildman–Crippen LogP) is 5.39. The Morgan fingerprint density at radius 2 is 1.62 bits per heavy atom. The summed E-state index contributed by atoms with van der Waals surface area (Å²) in [5.74, 6) is 0.882. The van der Waals surface area contributed by atoms with Crippen LogP contribution in [0.15, 0.2) is 57.8 Å². The van der Waals surface area contributed by atoms with Gasteiger partial charge in [0.05, 0.1) is 6.54 Å². The molecule has 0 atom stereocenters. The van der Waals surface area contributed by atoms with Gasteiger partial charge in [0, 0.05) is 17.4 Å². The van der Waals surface area contributed by atoms with Crippen molar-refractivity contribution < 1.29 is 0 Å². The van der Waals surface area contributed by atoms with Gasteiger partial charge in [0.15, 0.2) is 0 Å². The van der Waals surface area contributed by atoms with Gasteiger partial charge in [-0.1, -0.05) is 65.7 Å². The zero-order valence-corrected chi connectivity index (χ0v) is 19.0. The number of hydrogen-bond donors (Lipinski definition) is 0. The van der Waals surface area contributed by atoms with E-state index in [4.69, 9.17) is 0 Å². The van der Waals surface area contributed by atoms with Crippen LogP contribution in [0.1, 0.15) is 55.6 Å². The first-order chi connectivity index (χ1) is 14.1. The Hall–Kier alpha value is -2.14. The maximum Gasteiger partial charge on any atom is 0.346 e. The van der Waals surface area contributed by atoms with Crippen molar-refractivity contribution in [2.24, 2.45) is 0 Å². The van der Waals surface area contributed by atoms with Gasteiger partial charge in [-0.25, -0.2) is 9.48 Å². The molecule has 0 saturated heterocycles. The first kappa shape index (κ1) is 21.6. The molecule has 0 spiro atoms. The molecular formula is C24H30BrN3O. The molecule has 154 valence electrons. The minimum absolute atomic E-state index is 0.0139. The number of unbranched alkanes of at least 4 members (excludes halogenated alkanes) is 1. The van der Waals surface area contributed by atoms with Crippen molar-refractivity contribution in [2.45, 2.75) is 65.5 Å². The van der Waals surface area contributed by atoms with Gasteiger partial charge in [-0.05, 0) is 61.4 Å². The predicted molar refractivity (Wildman–Crippen MR) is 122 cm³/mol. The van der Waals surface area contributed by atoms with Crippen molar-refractivity contribution in [2.75, 3.05) is 0 Å². The van der Waals surface area contributed by atoms with E-state index in [1.807, 2.05) is 13.0 Å². The van der Waals surface area contributed by atoms with Crippen molar-refractivity contribution in [3.05, 3.63) is 86.0 Å². The van der Waals surface area contributed by atoms with Gasteiger partial charge in [-0.15, -0.1) is 0 Å². The van der Waals surface area contributed by atoms with Crippen molar-refractivity contribution in [3.8, 4) is 0 Å². The number of halogens is 1. The number of nitrogens with zero attached hydrogens (tertiary/aromatic N) is 3. The highest BCUT2D eigenvalue weighted by Crippen LogP contribution is 2.14. The van der Waals surface area contributed by atoms with Crippen molar-refractivity contribution >= 4 is 15.9 Å². The fraction of sp³-hybridized carbons (Fsp3) is 0.417. The van der Waals surface area contributed by atoms with E-state index in [1.54, 1.807) is 9.25 Å². The standard InChI is InChI=1S/C24H30BrN3O/c1-3-5-8-19-13-15-21(16-14-19)18-28-24(29)27(4-2)23(26-28)12-7-10-20-9-6-11-22(25)17-20/h6,9,11,13-17H,3-5,7-8,10,12,18H2,1-2H3. The fourth-order valence-corrected chi connectivity index (χ4v) is 4.05. The van der Waals surface area contributed by atoms with Crippen molar-refractivity contribution in [1.82, 2.24) is 14.3 Å². The molecule has 0 aliphatic carbocycles. The molecule has 0 amide bonds. The third kappa shape index (κ3) is 5.92. The summed E-state index contributed by atoms with van der Waals surface area (Å²) in [6.45, 7) is 5.40. The number of aromatic nitrogens is 3. The number of hydrogen-bond acceptors (Lipinski definition) is 2. The second-order valence-electron chi connectivity index (χ2n) is 7.50. The Morgan fingerprint density at radius 3 is 2.31 bits per heavy atom. The van der Waals surface area contributed by atoms with Crippen LogP contribution in [0.3, 0.4) is 0 Å². The molecule has 4 nitrogen and oxygen atoms in total. The van der Waals surface area contributed by atoms with E-state index in [0.29, 0.717) is 13.1 Å². The normalized spacial score (nSPS) is 11.1. The molecule has 0 bridgehead atoms. The zero-order chi connectivity index (χ0) is 20.6. The van der Waals surface area contributed by atoms with Gasteiger partial charge in [-0.3, -0.25) is 4.57 Å². The van der Waals surface area contributed by atoms with Crippen molar-refractivity contribution in [3.63, 3.8) is 0 Å². The van der Waals surface area contributed by atoms with E-state index in [-0.39, 0.29) is 5.69 Å². The molecule has 0 aliphatic heterocycles. The highest BCUT2D eigenvalue weighted by atomic mass is 79.9. The molecule has 29 heavy (non-hydrogen) atoms. The average Bonchev–Trinajstić information content (AvgIpc) is 3.02. The van der Waals surface area contributed by atoms with E-state index < -0.39 is 0 Å². The van der Waals surface area contributed by atoms with E-state index in [0.717, 1.165) is 41.5 Å². The molecule has 2 aromatic carbocycles. The van der Waals surface area contributed by atoms with Crippen molar-refractivity contribution in [1.29, 1.82) is 0 Å². The Labute approximate surface area is 181 Å². The van der Waals surface area contributed by atoms with E-state index in [9.17, 15) is 4.79 Å². The molecule has 0 saturated carbocycles. The topological polar surface area (TPSA) is 39.8 Å². The van der Waals surface area contributed by atoms with Crippen LogP contribution < -0.4 is 5.69 Å². The molecule has 0 radical (unpaired) electrons. The third-order valence-electron chi connectivity index (χ3n) is 5.24. The number of rotatable bonds is 10. The van der Waals surface area contributed by atoms with Gasteiger partial charge >= 0.3 is 5.69 Å². The highest BCUT2D eigenvalue weighted by molar-refractivity contribution is 9.10.